The fraction of sp³-hybridized carbons (Fsp3) is 0.280. The number of benzene rings is 2. The van der Waals surface area contributed by atoms with Crippen LogP contribution in [0.5, 0.6) is 11.5 Å². The van der Waals surface area contributed by atoms with E-state index in [4.69, 9.17) is 14.2 Å². The second-order valence-corrected chi connectivity index (χ2v) is 7.50. The van der Waals surface area contributed by atoms with Crippen LogP contribution in [0.1, 0.15) is 23.0 Å². The van der Waals surface area contributed by atoms with Crippen molar-refractivity contribution in [1.29, 1.82) is 0 Å². The van der Waals surface area contributed by atoms with Gasteiger partial charge in [-0.2, -0.15) is 0 Å². The minimum absolute atomic E-state index is 0.0691. The molecule has 0 bridgehead atoms. The highest BCUT2D eigenvalue weighted by atomic mass is 16.6. The van der Waals surface area contributed by atoms with E-state index in [2.05, 4.69) is 5.32 Å². The first-order valence-electron chi connectivity index (χ1n) is 10.6. The van der Waals surface area contributed by atoms with Gasteiger partial charge >= 0.3 is 5.97 Å². The molecule has 1 unspecified atom stereocenters. The zero-order chi connectivity index (χ0) is 22.5. The summed E-state index contributed by atoms with van der Waals surface area (Å²) in [6.07, 6.45) is -0.275. The molecule has 3 aromatic rings. The largest absolute Gasteiger partial charge is 0.486 e. The van der Waals surface area contributed by atoms with Crippen molar-refractivity contribution in [2.75, 3.05) is 19.8 Å². The van der Waals surface area contributed by atoms with Crippen LogP contribution < -0.4 is 14.8 Å². The third-order valence-electron chi connectivity index (χ3n) is 5.33. The van der Waals surface area contributed by atoms with E-state index in [1.807, 2.05) is 66.1 Å². The van der Waals surface area contributed by atoms with E-state index in [0.717, 1.165) is 11.3 Å². The van der Waals surface area contributed by atoms with Crippen LogP contribution in [0.2, 0.25) is 0 Å². The molecule has 32 heavy (non-hydrogen) atoms. The average Bonchev–Trinajstić information content (AvgIpc) is 3.14. The monoisotopic (exact) mass is 434 g/mol. The van der Waals surface area contributed by atoms with E-state index >= 15 is 0 Å². The van der Waals surface area contributed by atoms with Crippen molar-refractivity contribution in [2.24, 2.45) is 0 Å². The first kappa shape index (κ1) is 21.5. The lowest BCUT2D eigenvalue weighted by Gasteiger charge is -2.26. The average molecular weight is 434 g/mol. The van der Waals surface area contributed by atoms with Crippen LogP contribution in [-0.2, 0) is 16.1 Å². The summed E-state index contributed by atoms with van der Waals surface area (Å²) in [6.45, 7) is 4.63. The van der Waals surface area contributed by atoms with Gasteiger partial charge in [0.15, 0.2) is 11.5 Å². The van der Waals surface area contributed by atoms with Gasteiger partial charge in [-0.05, 0) is 37.6 Å². The zero-order valence-electron chi connectivity index (χ0n) is 18.2. The maximum atomic E-state index is 12.8. The third-order valence-corrected chi connectivity index (χ3v) is 5.33. The normalized spacial score (nSPS) is 14.6. The summed E-state index contributed by atoms with van der Waals surface area (Å²) < 4.78 is 18.6. The molecule has 0 aliphatic carbocycles. The first-order valence-corrected chi connectivity index (χ1v) is 10.6. The van der Waals surface area contributed by atoms with E-state index in [-0.39, 0.29) is 25.2 Å². The lowest BCUT2D eigenvalue weighted by atomic mass is 10.1. The van der Waals surface area contributed by atoms with E-state index in [1.165, 1.54) is 0 Å². The van der Waals surface area contributed by atoms with Crippen LogP contribution in [0, 0.1) is 6.92 Å². The Bertz CT molecular complexity index is 1110. The van der Waals surface area contributed by atoms with E-state index in [1.54, 1.807) is 13.0 Å². The Balaban J connectivity index is 1.48. The van der Waals surface area contributed by atoms with E-state index in [0.29, 0.717) is 35.9 Å². The highest BCUT2D eigenvalue weighted by molar-refractivity contribution is 5.93. The SMILES string of the molecule is CCOC(=O)c1cc(-c2ccccc2)n(CC(=O)NCC2COc3ccccc3O2)c1C. The number of esters is 1. The van der Waals surface area contributed by atoms with Gasteiger partial charge in [0.05, 0.1) is 18.7 Å². The highest BCUT2D eigenvalue weighted by Gasteiger charge is 2.23. The topological polar surface area (TPSA) is 78.8 Å². The quantitative estimate of drug-likeness (QED) is 0.575. The molecule has 1 aromatic heterocycles. The molecule has 7 nitrogen and oxygen atoms in total. The van der Waals surface area contributed by atoms with Gasteiger partial charge in [0.25, 0.3) is 0 Å². The van der Waals surface area contributed by atoms with Gasteiger partial charge < -0.3 is 24.1 Å². The summed E-state index contributed by atoms with van der Waals surface area (Å²) in [5.41, 5.74) is 2.84. The molecule has 2 heterocycles. The number of ether oxygens (including phenoxy) is 3. The molecular formula is C25H26N2O5. The number of amides is 1. The molecule has 0 saturated carbocycles. The summed E-state index contributed by atoms with van der Waals surface area (Å²) in [7, 11) is 0. The van der Waals surface area contributed by atoms with Crippen molar-refractivity contribution in [3.05, 3.63) is 71.9 Å². The predicted molar refractivity (Wildman–Crippen MR) is 120 cm³/mol. The predicted octanol–water partition coefficient (Wildman–Crippen LogP) is 3.60. The van der Waals surface area contributed by atoms with Gasteiger partial charge in [0, 0.05) is 11.4 Å². The number of nitrogens with zero attached hydrogens (tertiary/aromatic N) is 1. The van der Waals surface area contributed by atoms with Crippen molar-refractivity contribution in [2.45, 2.75) is 26.5 Å². The van der Waals surface area contributed by atoms with Crippen LogP contribution in [0.15, 0.2) is 60.7 Å². The molecular weight excluding hydrogens is 408 g/mol. The minimum atomic E-state index is -0.396. The van der Waals surface area contributed by atoms with Crippen molar-refractivity contribution in [3.8, 4) is 22.8 Å². The van der Waals surface area contributed by atoms with Gasteiger partial charge in [-0.25, -0.2) is 4.79 Å². The Labute approximate surface area is 186 Å². The minimum Gasteiger partial charge on any atom is -0.486 e. The Morgan fingerprint density at radius 2 is 1.81 bits per heavy atom. The molecule has 0 radical (unpaired) electrons. The smallest absolute Gasteiger partial charge is 0.339 e. The lowest BCUT2D eigenvalue weighted by Crippen LogP contribution is -2.41. The Morgan fingerprint density at radius 3 is 2.56 bits per heavy atom. The van der Waals surface area contributed by atoms with Crippen LogP contribution in [0.3, 0.4) is 0 Å². The molecule has 1 N–H and O–H groups in total. The van der Waals surface area contributed by atoms with Crippen molar-refractivity contribution < 1.29 is 23.8 Å². The zero-order valence-corrected chi connectivity index (χ0v) is 18.2. The number of para-hydroxylation sites is 2. The maximum absolute atomic E-state index is 12.8. The van der Waals surface area contributed by atoms with Crippen LogP contribution in [-0.4, -0.2) is 42.3 Å². The number of hydrogen-bond acceptors (Lipinski definition) is 5. The number of carbonyl (C=O) groups excluding carboxylic acids is 2. The lowest BCUT2D eigenvalue weighted by molar-refractivity contribution is -0.122. The molecule has 1 atom stereocenters. The van der Waals surface area contributed by atoms with Gasteiger partial charge in [-0.3, -0.25) is 4.79 Å². The molecule has 2 aromatic carbocycles. The van der Waals surface area contributed by atoms with Crippen LogP contribution >= 0.6 is 0 Å². The Kier molecular flexibility index (Phi) is 6.44. The Morgan fingerprint density at radius 1 is 1.09 bits per heavy atom. The summed E-state index contributed by atoms with van der Waals surface area (Å²) in [5.74, 6) is 0.799. The standard InChI is InChI=1S/C25H26N2O5/c1-3-30-25(29)20-13-21(18-9-5-4-6-10-18)27(17(20)2)15-24(28)26-14-19-16-31-22-11-7-8-12-23(22)32-19/h4-13,19H,3,14-16H2,1-2H3,(H,26,28). The van der Waals surface area contributed by atoms with Crippen LogP contribution in [0.25, 0.3) is 11.3 Å². The molecule has 7 heteroatoms. The molecule has 1 amide bonds. The van der Waals surface area contributed by atoms with E-state index < -0.39 is 5.97 Å². The second-order valence-electron chi connectivity index (χ2n) is 7.50. The maximum Gasteiger partial charge on any atom is 0.339 e. The number of hydrogen-bond donors (Lipinski definition) is 1. The summed E-state index contributed by atoms with van der Waals surface area (Å²) in [5, 5.41) is 2.92. The van der Waals surface area contributed by atoms with Crippen molar-refractivity contribution in [3.63, 3.8) is 0 Å². The summed E-state index contributed by atoms with van der Waals surface area (Å²) in [6, 6.07) is 18.9. The van der Waals surface area contributed by atoms with Gasteiger partial charge in [-0.15, -0.1) is 0 Å². The van der Waals surface area contributed by atoms with Gasteiger partial charge in [-0.1, -0.05) is 42.5 Å². The number of rotatable bonds is 7. The molecule has 0 saturated heterocycles. The number of nitrogens with one attached hydrogen (secondary N) is 1. The summed E-state index contributed by atoms with van der Waals surface area (Å²) >= 11 is 0. The highest BCUT2D eigenvalue weighted by Crippen LogP contribution is 2.30. The molecule has 166 valence electrons. The first-order chi connectivity index (χ1) is 15.6. The fourth-order valence-electron chi connectivity index (χ4n) is 3.70. The number of fused-ring (bicyclic) bond motifs is 1. The number of carbonyl (C=O) groups is 2. The van der Waals surface area contributed by atoms with Crippen molar-refractivity contribution >= 4 is 11.9 Å². The molecule has 4 rings (SSSR count). The van der Waals surface area contributed by atoms with Gasteiger partial charge in [0.1, 0.15) is 19.3 Å². The third kappa shape index (κ3) is 4.61. The van der Waals surface area contributed by atoms with Crippen molar-refractivity contribution in [1.82, 2.24) is 9.88 Å². The van der Waals surface area contributed by atoms with Crippen LogP contribution in [0.4, 0.5) is 0 Å². The molecule has 1 aliphatic heterocycles. The Hall–Kier alpha value is -3.74. The molecule has 0 spiro atoms. The van der Waals surface area contributed by atoms with Gasteiger partial charge in [0.2, 0.25) is 5.91 Å². The molecule has 1 aliphatic rings. The second kappa shape index (κ2) is 9.60. The van der Waals surface area contributed by atoms with E-state index in [9.17, 15) is 9.59 Å². The summed E-state index contributed by atoms with van der Waals surface area (Å²) in [4.78, 5) is 25.2. The fourth-order valence-corrected chi connectivity index (χ4v) is 3.70. The number of aromatic nitrogens is 1. The molecule has 0 fully saturated rings.